The molecule has 0 radical (unpaired) electrons. The molecule has 3 rings (SSSR count). The van der Waals surface area contributed by atoms with Crippen LogP contribution in [0.25, 0.3) is 6.08 Å². The van der Waals surface area contributed by atoms with Crippen molar-refractivity contribution in [1.29, 1.82) is 0 Å². The summed E-state index contributed by atoms with van der Waals surface area (Å²) in [5, 5.41) is 3.12. The van der Waals surface area contributed by atoms with Crippen LogP contribution in [0, 0.1) is 13.8 Å². The van der Waals surface area contributed by atoms with Crippen molar-refractivity contribution in [3.63, 3.8) is 0 Å². The molecule has 0 aliphatic carbocycles. The van der Waals surface area contributed by atoms with Gasteiger partial charge in [0.25, 0.3) is 11.8 Å². The number of benzene rings is 2. The van der Waals surface area contributed by atoms with E-state index in [9.17, 15) is 9.59 Å². The molecule has 0 bridgehead atoms. The second-order valence-electron chi connectivity index (χ2n) is 6.36. The molecule has 28 heavy (non-hydrogen) atoms. The molecule has 1 fully saturated rings. The number of ether oxygens (including phenoxy) is 1. The van der Waals surface area contributed by atoms with E-state index in [1.165, 1.54) is 11.0 Å². The van der Waals surface area contributed by atoms with Crippen molar-refractivity contribution in [1.82, 2.24) is 5.32 Å². The Kier molecular flexibility index (Phi) is 5.82. The Labute approximate surface area is 173 Å². The Morgan fingerprint density at radius 3 is 2.61 bits per heavy atom. The van der Waals surface area contributed by atoms with Crippen molar-refractivity contribution in [3.8, 4) is 5.75 Å². The van der Waals surface area contributed by atoms with Gasteiger partial charge in [0.05, 0.1) is 12.3 Å². The van der Waals surface area contributed by atoms with E-state index in [1.54, 1.807) is 18.2 Å². The average molecular weight is 415 g/mol. The van der Waals surface area contributed by atoms with E-state index < -0.39 is 11.8 Å². The molecular formula is C21H19ClN2O3S. The Hall–Kier alpha value is -2.70. The molecule has 1 heterocycles. The summed E-state index contributed by atoms with van der Waals surface area (Å²) in [7, 11) is 0. The van der Waals surface area contributed by atoms with Crippen LogP contribution in [0.1, 0.15) is 23.6 Å². The minimum Gasteiger partial charge on any atom is -0.493 e. The van der Waals surface area contributed by atoms with E-state index in [4.69, 9.17) is 28.6 Å². The third-order valence-electron chi connectivity index (χ3n) is 4.27. The lowest BCUT2D eigenvalue weighted by atomic mass is 10.0. The third-order valence-corrected chi connectivity index (χ3v) is 4.79. The maximum absolute atomic E-state index is 13.2. The van der Waals surface area contributed by atoms with Gasteiger partial charge in [-0.15, -0.1) is 0 Å². The number of carbonyl (C=O) groups excluding carboxylic acids is 2. The molecule has 1 saturated heterocycles. The molecule has 2 aromatic carbocycles. The first kappa shape index (κ1) is 20.0. The normalized spacial score (nSPS) is 15.8. The number of aryl methyl sites for hydroxylation is 2. The fourth-order valence-corrected chi connectivity index (χ4v) is 3.46. The van der Waals surface area contributed by atoms with Crippen LogP contribution in [0.2, 0.25) is 5.02 Å². The molecule has 7 heteroatoms. The molecule has 0 unspecified atom stereocenters. The SMILES string of the molecule is CCOc1ccc(Cl)cc1/C=C1\C(=O)NC(=S)N(c2ccc(C)cc2C)C1=O. The first-order chi connectivity index (χ1) is 13.3. The highest BCUT2D eigenvalue weighted by Crippen LogP contribution is 2.29. The average Bonchev–Trinajstić information content (AvgIpc) is 2.62. The van der Waals surface area contributed by atoms with E-state index in [0.717, 1.165) is 11.1 Å². The number of carbonyl (C=O) groups is 2. The number of nitrogens with one attached hydrogen (secondary N) is 1. The van der Waals surface area contributed by atoms with Gasteiger partial charge in [0.1, 0.15) is 11.3 Å². The lowest BCUT2D eigenvalue weighted by molar-refractivity contribution is -0.122. The van der Waals surface area contributed by atoms with Gasteiger partial charge < -0.3 is 4.74 Å². The highest BCUT2D eigenvalue weighted by Gasteiger charge is 2.35. The van der Waals surface area contributed by atoms with Crippen molar-refractivity contribution in [3.05, 3.63) is 63.7 Å². The van der Waals surface area contributed by atoms with E-state index in [0.29, 0.717) is 28.6 Å². The summed E-state index contributed by atoms with van der Waals surface area (Å²) in [4.78, 5) is 27.0. The molecule has 0 aromatic heterocycles. The van der Waals surface area contributed by atoms with Crippen LogP contribution in [0.15, 0.2) is 42.0 Å². The highest BCUT2D eigenvalue weighted by molar-refractivity contribution is 7.80. The zero-order valence-electron chi connectivity index (χ0n) is 15.7. The molecular weight excluding hydrogens is 396 g/mol. The molecule has 1 N–H and O–H groups in total. The van der Waals surface area contributed by atoms with Crippen LogP contribution in [-0.2, 0) is 9.59 Å². The molecule has 0 saturated carbocycles. The first-order valence-electron chi connectivity index (χ1n) is 8.73. The van der Waals surface area contributed by atoms with E-state index in [-0.39, 0.29) is 10.7 Å². The van der Waals surface area contributed by atoms with Gasteiger partial charge in [-0.05, 0) is 68.9 Å². The minimum atomic E-state index is -0.557. The van der Waals surface area contributed by atoms with Crippen molar-refractivity contribution < 1.29 is 14.3 Å². The van der Waals surface area contributed by atoms with Crippen LogP contribution < -0.4 is 15.0 Å². The predicted octanol–water partition coefficient (Wildman–Crippen LogP) is 4.19. The topological polar surface area (TPSA) is 58.6 Å². The molecule has 144 valence electrons. The van der Waals surface area contributed by atoms with Crippen molar-refractivity contribution in [2.24, 2.45) is 0 Å². The van der Waals surface area contributed by atoms with Gasteiger partial charge in [-0.25, -0.2) is 0 Å². The number of hydrogen-bond acceptors (Lipinski definition) is 4. The summed E-state index contributed by atoms with van der Waals surface area (Å²) in [6.45, 7) is 6.15. The lowest BCUT2D eigenvalue weighted by Crippen LogP contribution is -2.54. The van der Waals surface area contributed by atoms with Gasteiger partial charge in [0.2, 0.25) is 0 Å². The fraction of sp³-hybridized carbons (Fsp3) is 0.190. The van der Waals surface area contributed by atoms with Crippen LogP contribution in [-0.4, -0.2) is 23.5 Å². The van der Waals surface area contributed by atoms with Crippen molar-refractivity contribution in [2.45, 2.75) is 20.8 Å². The van der Waals surface area contributed by atoms with Gasteiger partial charge in [-0.1, -0.05) is 29.3 Å². The predicted molar refractivity (Wildman–Crippen MR) is 115 cm³/mol. The van der Waals surface area contributed by atoms with E-state index in [2.05, 4.69) is 5.32 Å². The number of hydrogen-bond donors (Lipinski definition) is 1. The Morgan fingerprint density at radius 2 is 1.93 bits per heavy atom. The van der Waals surface area contributed by atoms with Crippen LogP contribution >= 0.6 is 23.8 Å². The molecule has 2 aromatic rings. The van der Waals surface area contributed by atoms with Gasteiger partial charge in [0, 0.05) is 10.6 Å². The maximum Gasteiger partial charge on any atom is 0.270 e. The monoisotopic (exact) mass is 414 g/mol. The van der Waals surface area contributed by atoms with Gasteiger partial charge in [-0.3, -0.25) is 19.8 Å². The molecule has 1 aliphatic heterocycles. The summed E-state index contributed by atoms with van der Waals surface area (Å²) in [6, 6.07) is 10.7. The molecule has 5 nitrogen and oxygen atoms in total. The quantitative estimate of drug-likeness (QED) is 0.463. The lowest BCUT2D eigenvalue weighted by Gasteiger charge is -2.30. The first-order valence-corrected chi connectivity index (χ1v) is 9.51. The Morgan fingerprint density at radius 1 is 1.18 bits per heavy atom. The number of rotatable bonds is 4. The second-order valence-corrected chi connectivity index (χ2v) is 7.19. The zero-order chi connectivity index (χ0) is 20.4. The molecule has 0 spiro atoms. The Bertz CT molecular complexity index is 1020. The van der Waals surface area contributed by atoms with Crippen LogP contribution in [0.5, 0.6) is 5.75 Å². The van der Waals surface area contributed by atoms with Crippen molar-refractivity contribution in [2.75, 3.05) is 11.5 Å². The van der Waals surface area contributed by atoms with Crippen LogP contribution in [0.4, 0.5) is 5.69 Å². The number of nitrogens with zero attached hydrogens (tertiary/aromatic N) is 1. The summed E-state index contributed by atoms with van der Waals surface area (Å²) in [5.41, 5.74) is 3.07. The van der Waals surface area contributed by atoms with Gasteiger partial charge in [0.15, 0.2) is 5.11 Å². The largest absolute Gasteiger partial charge is 0.493 e. The standard InChI is InChI=1S/C21H19ClN2O3S/c1-4-27-18-8-6-15(22)10-14(18)11-16-19(25)23-21(28)24(20(16)26)17-7-5-12(2)9-13(17)3/h5-11H,4H2,1-3H3,(H,23,25,28)/b16-11+. The highest BCUT2D eigenvalue weighted by atomic mass is 35.5. The van der Waals surface area contributed by atoms with E-state index in [1.807, 2.05) is 39.0 Å². The molecule has 0 atom stereocenters. The smallest absolute Gasteiger partial charge is 0.270 e. The van der Waals surface area contributed by atoms with Crippen molar-refractivity contribution >= 4 is 52.5 Å². The third kappa shape index (κ3) is 3.93. The summed E-state index contributed by atoms with van der Waals surface area (Å²) < 4.78 is 5.58. The maximum atomic E-state index is 13.2. The summed E-state index contributed by atoms with van der Waals surface area (Å²) >= 11 is 11.4. The number of anilines is 1. The summed E-state index contributed by atoms with van der Waals surface area (Å²) in [6.07, 6.45) is 1.48. The number of thiocarbonyl (C=S) groups is 1. The number of halogens is 1. The summed E-state index contributed by atoms with van der Waals surface area (Å²) in [5.74, 6) is -0.521. The second kappa shape index (κ2) is 8.12. The molecule has 1 aliphatic rings. The number of amides is 2. The van der Waals surface area contributed by atoms with E-state index >= 15 is 0 Å². The van der Waals surface area contributed by atoms with Gasteiger partial charge in [-0.2, -0.15) is 0 Å². The fourth-order valence-electron chi connectivity index (χ4n) is 3.01. The minimum absolute atomic E-state index is 0.0446. The van der Waals surface area contributed by atoms with Crippen LogP contribution in [0.3, 0.4) is 0 Å². The zero-order valence-corrected chi connectivity index (χ0v) is 17.3. The van der Waals surface area contributed by atoms with Gasteiger partial charge >= 0.3 is 0 Å². The Balaban J connectivity index is 2.08. The molecule has 2 amide bonds.